The van der Waals surface area contributed by atoms with Crippen molar-refractivity contribution >= 4 is 32.9 Å². The highest BCUT2D eigenvalue weighted by molar-refractivity contribution is 9.10. The van der Waals surface area contributed by atoms with E-state index in [-0.39, 0.29) is 5.97 Å². The molecule has 1 aromatic carbocycles. The first-order valence-corrected chi connectivity index (χ1v) is 5.15. The minimum absolute atomic E-state index is 0.382. The van der Waals surface area contributed by atoms with Crippen LogP contribution in [0.25, 0.3) is 11.0 Å². The third-order valence-corrected chi connectivity index (χ3v) is 2.53. The normalized spacial score (nSPS) is 10.6. The van der Waals surface area contributed by atoms with Crippen LogP contribution in [0.5, 0.6) is 0 Å². The van der Waals surface area contributed by atoms with E-state index in [1.165, 1.54) is 7.11 Å². The number of aromatic nitrogens is 2. The lowest BCUT2D eigenvalue weighted by atomic mass is 10.2. The van der Waals surface area contributed by atoms with E-state index in [1.807, 2.05) is 13.0 Å². The number of hydrogen-bond donors (Lipinski definition) is 1. The molecule has 1 heterocycles. The molecule has 0 bridgehead atoms. The molecule has 2 rings (SSSR count). The van der Waals surface area contributed by atoms with Crippen LogP contribution in [-0.2, 0) is 4.74 Å². The van der Waals surface area contributed by atoms with E-state index < -0.39 is 0 Å². The third kappa shape index (κ3) is 1.74. The molecule has 1 N–H and O–H groups in total. The fraction of sp³-hybridized carbons (Fsp3) is 0.200. The first-order valence-electron chi connectivity index (χ1n) is 4.36. The van der Waals surface area contributed by atoms with E-state index in [2.05, 4.69) is 25.9 Å². The van der Waals surface area contributed by atoms with Crippen LogP contribution in [0.2, 0.25) is 0 Å². The van der Waals surface area contributed by atoms with Gasteiger partial charge in [0.15, 0.2) is 0 Å². The second-order valence-electron chi connectivity index (χ2n) is 3.16. The standard InChI is InChI=1S/C10H9BrN2O2/c1-5-12-8-4-6(11)3-7(9(8)13-5)10(14)15-2/h3-4H,1-2H3,(H,12,13). The smallest absolute Gasteiger partial charge is 0.340 e. The van der Waals surface area contributed by atoms with Crippen LogP contribution in [-0.4, -0.2) is 23.0 Å². The van der Waals surface area contributed by atoms with Crippen molar-refractivity contribution < 1.29 is 9.53 Å². The van der Waals surface area contributed by atoms with E-state index >= 15 is 0 Å². The number of halogens is 1. The van der Waals surface area contributed by atoms with Crippen LogP contribution < -0.4 is 0 Å². The summed E-state index contributed by atoms with van der Waals surface area (Å²) in [6, 6.07) is 3.58. The van der Waals surface area contributed by atoms with Gasteiger partial charge in [-0.15, -0.1) is 0 Å². The lowest BCUT2D eigenvalue weighted by Gasteiger charge is -2.00. The van der Waals surface area contributed by atoms with Crippen molar-refractivity contribution in [3.8, 4) is 0 Å². The highest BCUT2D eigenvalue weighted by Gasteiger charge is 2.14. The molecular formula is C10H9BrN2O2. The zero-order chi connectivity index (χ0) is 11.0. The van der Waals surface area contributed by atoms with E-state index in [1.54, 1.807) is 6.07 Å². The molecule has 5 heteroatoms. The number of carbonyl (C=O) groups is 1. The number of imidazole rings is 1. The quantitative estimate of drug-likeness (QED) is 0.809. The lowest BCUT2D eigenvalue weighted by molar-refractivity contribution is 0.0602. The molecule has 0 unspecified atom stereocenters. The largest absolute Gasteiger partial charge is 0.465 e. The van der Waals surface area contributed by atoms with Crippen LogP contribution >= 0.6 is 15.9 Å². The van der Waals surface area contributed by atoms with Gasteiger partial charge < -0.3 is 9.72 Å². The van der Waals surface area contributed by atoms with E-state index in [0.717, 1.165) is 15.8 Å². The summed E-state index contributed by atoms with van der Waals surface area (Å²) in [5.41, 5.74) is 1.93. The van der Waals surface area contributed by atoms with Gasteiger partial charge >= 0.3 is 5.97 Å². The number of benzene rings is 1. The molecule has 0 aliphatic carbocycles. The SMILES string of the molecule is COC(=O)c1cc(Br)cc2[nH]c(C)nc12. The van der Waals surface area contributed by atoms with Gasteiger partial charge in [-0.3, -0.25) is 0 Å². The maximum atomic E-state index is 11.5. The summed E-state index contributed by atoms with van der Waals surface area (Å²) in [5, 5.41) is 0. The molecule has 0 aliphatic rings. The number of aryl methyl sites for hydroxylation is 1. The summed E-state index contributed by atoms with van der Waals surface area (Å²) < 4.78 is 5.51. The number of ether oxygens (including phenoxy) is 1. The van der Waals surface area contributed by atoms with Crippen molar-refractivity contribution in [1.29, 1.82) is 0 Å². The number of rotatable bonds is 1. The van der Waals surface area contributed by atoms with Gasteiger partial charge in [0.05, 0.1) is 18.2 Å². The Hall–Kier alpha value is -1.36. The fourth-order valence-electron chi connectivity index (χ4n) is 1.47. The number of carbonyl (C=O) groups excluding carboxylic acids is 1. The lowest BCUT2D eigenvalue weighted by Crippen LogP contribution is -2.02. The Bertz CT molecular complexity index is 533. The summed E-state index contributed by atoms with van der Waals surface area (Å²) in [5.74, 6) is 0.390. The van der Waals surface area contributed by atoms with Gasteiger partial charge in [-0.25, -0.2) is 9.78 Å². The number of hydrogen-bond acceptors (Lipinski definition) is 3. The van der Waals surface area contributed by atoms with Gasteiger partial charge in [0.25, 0.3) is 0 Å². The molecule has 0 saturated carbocycles. The van der Waals surface area contributed by atoms with Crippen molar-refractivity contribution in [2.75, 3.05) is 7.11 Å². The van der Waals surface area contributed by atoms with Crippen molar-refractivity contribution in [3.63, 3.8) is 0 Å². The highest BCUT2D eigenvalue weighted by Crippen LogP contribution is 2.23. The van der Waals surface area contributed by atoms with Crippen LogP contribution in [0.1, 0.15) is 16.2 Å². The molecule has 4 nitrogen and oxygen atoms in total. The maximum Gasteiger partial charge on any atom is 0.340 e. The Labute approximate surface area is 94.8 Å². The Morgan fingerprint density at radius 1 is 1.53 bits per heavy atom. The second-order valence-corrected chi connectivity index (χ2v) is 4.08. The highest BCUT2D eigenvalue weighted by atomic mass is 79.9. The average molecular weight is 269 g/mol. The van der Waals surface area contributed by atoms with Crippen LogP contribution in [0.4, 0.5) is 0 Å². The van der Waals surface area contributed by atoms with Gasteiger partial charge in [-0.1, -0.05) is 15.9 Å². The molecular weight excluding hydrogens is 260 g/mol. The molecule has 78 valence electrons. The van der Waals surface area contributed by atoms with Crippen molar-refractivity contribution in [2.24, 2.45) is 0 Å². The summed E-state index contributed by atoms with van der Waals surface area (Å²) in [4.78, 5) is 18.8. The molecule has 2 aromatic rings. The summed E-state index contributed by atoms with van der Waals surface area (Å²) >= 11 is 3.33. The Kier molecular flexibility index (Phi) is 2.48. The number of fused-ring (bicyclic) bond motifs is 1. The number of nitrogens with one attached hydrogen (secondary N) is 1. The van der Waals surface area contributed by atoms with Crippen LogP contribution in [0, 0.1) is 6.92 Å². The minimum Gasteiger partial charge on any atom is -0.465 e. The molecule has 1 aromatic heterocycles. The summed E-state index contributed by atoms with van der Waals surface area (Å²) in [6.07, 6.45) is 0. The second kappa shape index (κ2) is 3.66. The number of esters is 1. The van der Waals surface area contributed by atoms with Gasteiger partial charge in [0.1, 0.15) is 11.3 Å². The number of H-pyrrole nitrogens is 1. The summed E-state index contributed by atoms with van der Waals surface area (Å²) in [6.45, 7) is 1.84. The van der Waals surface area contributed by atoms with Crippen molar-refractivity contribution in [1.82, 2.24) is 9.97 Å². The molecule has 0 saturated heterocycles. The molecule has 0 fully saturated rings. The van der Waals surface area contributed by atoms with E-state index in [4.69, 9.17) is 4.74 Å². The first-order chi connectivity index (χ1) is 7.11. The Morgan fingerprint density at radius 3 is 2.93 bits per heavy atom. The third-order valence-electron chi connectivity index (χ3n) is 2.08. The Balaban J connectivity index is 2.75. The van der Waals surface area contributed by atoms with Gasteiger partial charge in [-0.2, -0.15) is 0 Å². The molecule has 0 spiro atoms. The topological polar surface area (TPSA) is 55.0 Å². The number of nitrogens with zero attached hydrogens (tertiary/aromatic N) is 1. The minimum atomic E-state index is -0.382. The molecule has 0 aliphatic heterocycles. The number of aromatic amines is 1. The first kappa shape index (κ1) is 10.2. The van der Waals surface area contributed by atoms with Crippen molar-refractivity contribution in [3.05, 3.63) is 28.0 Å². The average Bonchev–Trinajstić information content (AvgIpc) is 2.55. The van der Waals surface area contributed by atoms with E-state index in [9.17, 15) is 4.79 Å². The zero-order valence-corrected chi connectivity index (χ0v) is 9.88. The van der Waals surface area contributed by atoms with Crippen molar-refractivity contribution in [2.45, 2.75) is 6.92 Å². The molecule has 0 amide bonds. The molecule has 0 atom stereocenters. The van der Waals surface area contributed by atoms with Gasteiger partial charge in [0, 0.05) is 4.47 Å². The van der Waals surface area contributed by atoms with Gasteiger partial charge in [0.2, 0.25) is 0 Å². The maximum absolute atomic E-state index is 11.5. The number of methoxy groups -OCH3 is 1. The van der Waals surface area contributed by atoms with Crippen LogP contribution in [0.15, 0.2) is 16.6 Å². The van der Waals surface area contributed by atoms with Crippen LogP contribution in [0.3, 0.4) is 0 Å². The fourth-order valence-corrected chi connectivity index (χ4v) is 1.93. The molecule has 0 radical (unpaired) electrons. The Morgan fingerprint density at radius 2 is 2.27 bits per heavy atom. The predicted molar refractivity (Wildman–Crippen MR) is 59.9 cm³/mol. The van der Waals surface area contributed by atoms with E-state index in [0.29, 0.717) is 11.1 Å². The summed E-state index contributed by atoms with van der Waals surface area (Å²) in [7, 11) is 1.36. The molecule has 15 heavy (non-hydrogen) atoms. The zero-order valence-electron chi connectivity index (χ0n) is 8.30. The predicted octanol–water partition coefficient (Wildman–Crippen LogP) is 2.42. The van der Waals surface area contributed by atoms with Gasteiger partial charge in [-0.05, 0) is 19.1 Å². The monoisotopic (exact) mass is 268 g/mol.